The van der Waals surface area contributed by atoms with Crippen molar-refractivity contribution < 1.29 is 9.18 Å². The highest BCUT2D eigenvalue weighted by Gasteiger charge is 2.16. The zero-order valence-electron chi connectivity index (χ0n) is 14.8. The van der Waals surface area contributed by atoms with E-state index in [0.717, 1.165) is 17.8 Å². The maximum Gasteiger partial charge on any atom is 0.276 e. The third-order valence-corrected chi connectivity index (χ3v) is 6.07. The van der Waals surface area contributed by atoms with E-state index in [9.17, 15) is 14.0 Å². The van der Waals surface area contributed by atoms with Gasteiger partial charge < -0.3 is 5.32 Å². The molecule has 0 spiro atoms. The van der Waals surface area contributed by atoms with Crippen LogP contribution < -0.4 is 10.9 Å². The number of para-hydroxylation sites is 1. The summed E-state index contributed by atoms with van der Waals surface area (Å²) in [5.74, 6) is -1.08. The molecule has 0 saturated carbocycles. The number of fused-ring (bicyclic) bond motifs is 1. The van der Waals surface area contributed by atoms with Gasteiger partial charge in [0.25, 0.3) is 5.56 Å². The van der Waals surface area contributed by atoms with Crippen LogP contribution >= 0.6 is 34.7 Å². The van der Waals surface area contributed by atoms with E-state index in [1.165, 1.54) is 28.0 Å². The van der Waals surface area contributed by atoms with Crippen LogP contribution in [-0.2, 0) is 4.79 Å². The van der Waals surface area contributed by atoms with Crippen LogP contribution in [0.1, 0.15) is 0 Å². The summed E-state index contributed by atoms with van der Waals surface area (Å²) < 4.78 is 15.9. The monoisotopic (exact) mass is 445 g/mol. The molecule has 2 aromatic heterocycles. The first-order valence-electron chi connectivity index (χ1n) is 8.46. The molecule has 29 heavy (non-hydrogen) atoms. The van der Waals surface area contributed by atoms with Gasteiger partial charge in [-0.1, -0.05) is 41.6 Å². The molecule has 0 unspecified atom stereocenters. The van der Waals surface area contributed by atoms with E-state index in [4.69, 9.17) is 11.6 Å². The van der Waals surface area contributed by atoms with Crippen LogP contribution in [0.3, 0.4) is 0 Å². The van der Waals surface area contributed by atoms with E-state index in [1.807, 2.05) is 18.2 Å². The lowest BCUT2D eigenvalue weighted by atomic mass is 10.3. The Morgan fingerprint density at radius 1 is 1.21 bits per heavy atom. The van der Waals surface area contributed by atoms with Gasteiger partial charge in [-0.3, -0.25) is 14.2 Å². The molecule has 146 valence electrons. The van der Waals surface area contributed by atoms with E-state index in [1.54, 1.807) is 23.6 Å². The summed E-state index contributed by atoms with van der Waals surface area (Å²) >= 11 is 8.16. The number of halogens is 2. The minimum absolute atomic E-state index is 0.0432. The van der Waals surface area contributed by atoms with E-state index in [-0.39, 0.29) is 22.0 Å². The zero-order valence-corrected chi connectivity index (χ0v) is 17.2. The fourth-order valence-electron chi connectivity index (χ4n) is 2.70. The van der Waals surface area contributed by atoms with E-state index in [2.05, 4.69) is 10.3 Å². The van der Waals surface area contributed by atoms with Crippen LogP contribution in [0, 0.1) is 5.82 Å². The Bertz CT molecular complexity index is 1260. The molecule has 2 aromatic carbocycles. The molecular weight excluding hydrogens is 433 g/mol. The molecular formula is C20H13ClFN3O2S2. The van der Waals surface area contributed by atoms with Gasteiger partial charge in [-0.05, 0) is 41.8 Å². The largest absolute Gasteiger partial charge is 0.323 e. The summed E-state index contributed by atoms with van der Waals surface area (Å²) in [5, 5.41) is 4.94. The summed E-state index contributed by atoms with van der Waals surface area (Å²) in [6, 6.07) is 14.9. The molecule has 4 aromatic rings. The highest BCUT2D eigenvalue weighted by atomic mass is 35.5. The number of thiophene rings is 1. The molecule has 0 aliphatic heterocycles. The van der Waals surface area contributed by atoms with Crippen LogP contribution in [0.15, 0.2) is 69.9 Å². The van der Waals surface area contributed by atoms with Crippen molar-refractivity contribution in [2.24, 2.45) is 0 Å². The highest BCUT2D eigenvalue weighted by molar-refractivity contribution is 7.99. The van der Waals surface area contributed by atoms with Gasteiger partial charge in [-0.15, -0.1) is 11.3 Å². The third kappa shape index (κ3) is 4.19. The van der Waals surface area contributed by atoms with Gasteiger partial charge in [0.2, 0.25) is 5.91 Å². The second kappa shape index (κ2) is 8.36. The lowest BCUT2D eigenvalue weighted by Crippen LogP contribution is -2.22. The van der Waals surface area contributed by atoms with Gasteiger partial charge in [0.05, 0.1) is 22.6 Å². The van der Waals surface area contributed by atoms with E-state index in [0.29, 0.717) is 21.1 Å². The number of nitrogens with one attached hydrogen (secondary N) is 1. The Hall–Kier alpha value is -2.68. The number of thioether (sulfide) groups is 1. The predicted molar refractivity (Wildman–Crippen MR) is 116 cm³/mol. The lowest BCUT2D eigenvalue weighted by Gasteiger charge is -2.12. The molecule has 0 radical (unpaired) electrons. The molecule has 1 amide bonds. The number of carbonyl (C=O) groups is 1. The summed E-state index contributed by atoms with van der Waals surface area (Å²) in [6.07, 6.45) is 0. The Balaban J connectivity index is 1.62. The number of amides is 1. The first-order chi connectivity index (χ1) is 14.0. The average molecular weight is 446 g/mol. The molecule has 4 rings (SSSR count). The van der Waals surface area contributed by atoms with Gasteiger partial charge in [-0.2, -0.15) is 0 Å². The van der Waals surface area contributed by atoms with Gasteiger partial charge >= 0.3 is 0 Å². The van der Waals surface area contributed by atoms with Crippen molar-refractivity contribution in [1.82, 2.24) is 9.55 Å². The Kier molecular flexibility index (Phi) is 5.66. The maximum absolute atomic E-state index is 13.9. The van der Waals surface area contributed by atoms with Gasteiger partial charge in [-0.25, -0.2) is 9.37 Å². The lowest BCUT2D eigenvalue weighted by molar-refractivity contribution is -0.113. The molecule has 0 atom stereocenters. The third-order valence-electron chi connectivity index (χ3n) is 4.00. The van der Waals surface area contributed by atoms with Crippen LogP contribution in [0.5, 0.6) is 0 Å². The molecule has 9 heteroatoms. The average Bonchev–Trinajstić information content (AvgIpc) is 3.18. The van der Waals surface area contributed by atoms with Crippen molar-refractivity contribution in [2.75, 3.05) is 11.1 Å². The summed E-state index contributed by atoms with van der Waals surface area (Å²) in [6.45, 7) is 0. The number of aromatic nitrogens is 2. The predicted octanol–water partition coefficient (Wildman–Crippen LogP) is 4.97. The molecule has 5 nitrogen and oxygen atoms in total. The minimum atomic E-state index is -0.616. The van der Waals surface area contributed by atoms with Crippen LogP contribution in [0.25, 0.3) is 15.9 Å². The van der Waals surface area contributed by atoms with Crippen LogP contribution in [0.4, 0.5) is 10.1 Å². The van der Waals surface area contributed by atoms with Crippen LogP contribution in [-0.4, -0.2) is 21.2 Å². The SMILES string of the molecule is O=C(CSc1nc2ccsc2c(=O)n1-c1ccccc1)Nc1ccc(Cl)cc1F. The van der Waals surface area contributed by atoms with Crippen molar-refractivity contribution in [3.05, 3.63) is 81.2 Å². The maximum atomic E-state index is 13.9. The first kappa shape index (κ1) is 19.6. The van der Waals surface area contributed by atoms with Gasteiger partial charge in [0.1, 0.15) is 10.5 Å². The first-order valence-corrected chi connectivity index (χ1v) is 10.7. The minimum Gasteiger partial charge on any atom is -0.323 e. The molecule has 2 heterocycles. The van der Waals surface area contributed by atoms with Crippen molar-refractivity contribution >= 4 is 56.5 Å². The summed E-state index contributed by atoms with van der Waals surface area (Å²) in [4.78, 5) is 29.9. The second-order valence-electron chi connectivity index (χ2n) is 5.97. The number of anilines is 1. The highest BCUT2D eigenvalue weighted by Crippen LogP contribution is 2.24. The van der Waals surface area contributed by atoms with Gasteiger partial charge in [0, 0.05) is 5.02 Å². The molecule has 0 fully saturated rings. The van der Waals surface area contributed by atoms with E-state index < -0.39 is 11.7 Å². The molecule has 1 N–H and O–H groups in total. The quantitative estimate of drug-likeness (QED) is 0.348. The molecule has 0 aliphatic rings. The smallest absolute Gasteiger partial charge is 0.276 e. The van der Waals surface area contributed by atoms with Gasteiger partial charge in [0.15, 0.2) is 5.16 Å². The van der Waals surface area contributed by atoms with E-state index >= 15 is 0 Å². The number of nitrogens with zero attached hydrogens (tertiary/aromatic N) is 2. The molecule has 0 aliphatic carbocycles. The fourth-order valence-corrected chi connectivity index (χ4v) is 4.43. The fraction of sp³-hybridized carbons (Fsp3) is 0.0500. The van der Waals surface area contributed by atoms with Crippen molar-refractivity contribution in [3.63, 3.8) is 0 Å². The Morgan fingerprint density at radius 3 is 2.76 bits per heavy atom. The number of benzene rings is 2. The van der Waals surface area contributed by atoms with Crippen LogP contribution in [0.2, 0.25) is 5.02 Å². The normalized spacial score (nSPS) is 11.0. The standard InChI is InChI=1S/C20H13ClFN3O2S2/c21-12-6-7-15(14(22)10-12)23-17(26)11-29-20-24-16-8-9-28-18(16)19(27)25(20)13-4-2-1-3-5-13/h1-10H,11H2,(H,23,26). The number of hydrogen-bond donors (Lipinski definition) is 1. The topological polar surface area (TPSA) is 64.0 Å². The summed E-state index contributed by atoms with van der Waals surface area (Å²) in [5.41, 5.74) is 1.09. The summed E-state index contributed by atoms with van der Waals surface area (Å²) in [7, 11) is 0. The van der Waals surface area contributed by atoms with Crippen molar-refractivity contribution in [1.29, 1.82) is 0 Å². The zero-order chi connectivity index (χ0) is 20.4. The van der Waals surface area contributed by atoms with Crippen molar-refractivity contribution in [3.8, 4) is 5.69 Å². The Morgan fingerprint density at radius 2 is 2.00 bits per heavy atom. The number of hydrogen-bond acceptors (Lipinski definition) is 5. The van der Waals surface area contributed by atoms with Crippen molar-refractivity contribution in [2.45, 2.75) is 5.16 Å². The molecule has 0 saturated heterocycles. The number of rotatable bonds is 5. The Labute approximate surface area is 178 Å². The molecule has 0 bridgehead atoms. The second-order valence-corrected chi connectivity index (χ2v) is 8.26. The number of carbonyl (C=O) groups excluding carboxylic acids is 1.